The molecule has 0 aromatic carbocycles. The summed E-state index contributed by atoms with van der Waals surface area (Å²) in [4.78, 5) is 15.2. The van der Waals surface area contributed by atoms with Crippen molar-refractivity contribution in [3.05, 3.63) is 17.8 Å². The molecule has 0 fully saturated rings. The first-order valence-electron chi connectivity index (χ1n) is 5.44. The van der Waals surface area contributed by atoms with Crippen LogP contribution in [-0.2, 0) is 0 Å². The molecule has 1 heterocycles. The first kappa shape index (κ1) is 12.3. The molecule has 0 atom stereocenters. The van der Waals surface area contributed by atoms with Crippen molar-refractivity contribution in [2.24, 2.45) is 5.73 Å². The molecule has 1 rings (SSSR count). The fourth-order valence-electron chi connectivity index (χ4n) is 1.39. The van der Waals surface area contributed by atoms with Crippen molar-refractivity contribution >= 4 is 17.4 Å². The van der Waals surface area contributed by atoms with Gasteiger partial charge in [-0.25, -0.2) is 4.98 Å². The molecular formula is C11H18N4O. The summed E-state index contributed by atoms with van der Waals surface area (Å²) in [6, 6.07) is 1.54. The Bertz CT molecular complexity index is 365. The van der Waals surface area contributed by atoms with E-state index < -0.39 is 5.91 Å². The van der Waals surface area contributed by atoms with Crippen LogP contribution in [-0.4, -0.2) is 17.4 Å². The molecule has 0 aliphatic rings. The molecule has 5 nitrogen and oxygen atoms in total. The van der Waals surface area contributed by atoms with Crippen LogP contribution >= 0.6 is 0 Å². The number of amides is 1. The Kier molecular flexibility index (Phi) is 4.57. The van der Waals surface area contributed by atoms with E-state index in [2.05, 4.69) is 17.2 Å². The minimum absolute atomic E-state index is 0.344. The van der Waals surface area contributed by atoms with Gasteiger partial charge in [0.2, 0.25) is 0 Å². The van der Waals surface area contributed by atoms with Crippen LogP contribution in [0.3, 0.4) is 0 Å². The molecular weight excluding hydrogens is 204 g/mol. The van der Waals surface area contributed by atoms with Crippen LogP contribution in [0.5, 0.6) is 0 Å². The highest BCUT2D eigenvalue weighted by molar-refractivity contribution is 5.98. The van der Waals surface area contributed by atoms with E-state index in [0.717, 1.165) is 25.8 Å². The minimum Gasteiger partial charge on any atom is -0.397 e. The van der Waals surface area contributed by atoms with Gasteiger partial charge in [-0.3, -0.25) is 4.79 Å². The van der Waals surface area contributed by atoms with Crippen LogP contribution in [0.1, 0.15) is 36.5 Å². The van der Waals surface area contributed by atoms with Crippen LogP contribution in [0.4, 0.5) is 11.5 Å². The third-order valence-corrected chi connectivity index (χ3v) is 2.25. The van der Waals surface area contributed by atoms with Gasteiger partial charge < -0.3 is 16.8 Å². The largest absolute Gasteiger partial charge is 0.397 e. The van der Waals surface area contributed by atoms with E-state index >= 15 is 0 Å². The van der Waals surface area contributed by atoms with E-state index in [9.17, 15) is 4.79 Å². The number of hydrogen-bond acceptors (Lipinski definition) is 4. The maximum atomic E-state index is 11.1. The highest BCUT2D eigenvalue weighted by Crippen LogP contribution is 2.14. The quantitative estimate of drug-likeness (QED) is 0.633. The Morgan fingerprint density at radius 3 is 2.88 bits per heavy atom. The molecule has 1 amide bonds. The van der Waals surface area contributed by atoms with Gasteiger partial charge in [0.05, 0.1) is 17.4 Å². The van der Waals surface area contributed by atoms with Crippen molar-refractivity contribution in [3.63, 3.8) is 0 Å². The molecule has 5 N–H and O–H groups in total. The average Bonchev–Trinajstić information content (AvgIpc) is 2.26. The first-order valence-corrected chi connectivity index (χ1v) is 5.44. The predicted molar refractivity (Wildman–Crippen MR) is 65.2 cm³/mol. The Labute approximate surface area is 95.2 Å². The predicted octanol–water partition coefficient (Wildman–Crippen LogP) is 1.36. The number of nitrogens with two attached hydrogens (primary N) is 2. The van der Waals surface area contributed by atoms with Crippen LogP contribution in [0.2, 0.25) is 0 Å². The molecule has 0 saturated carbocycles. The van der Waals surface area contributed by atoms with Crippen molar-refractivity contribution in [1.29, 1.82) is 0 Å². The first-order chi connectivity index (χ1) is 7.65. The molecule has 88 valence electrons. The molecule has 0 saturated heterocycles. The third-order valence-electron chi connectivity index (χ3n) is 2.25. The summed E-state index contributed by atoms with van der Waals surface area (Å²) in [6.45, 7) is 2.92. The van der Waals surface area contributed by atoms with Crippen molar-refractivity contribution in [2.75, 3.05) is 17.6 Å². The lowest BCUT2D eigenvalue weighted by Crippen LogP contribution is -2.16. The highest BCUT2D eigenvalue weighted by atomic mass is 16.1. The number of carbonyl (C=O) groups is 1. The summed E-state index contributed by atoms with van der Waals surface area (Å²) < 4.78 is 0. The second-order valence-corrected chi connectivity index (χ2v) is 3.66. The standard InChI is InChI=1S/C11H18N4O/c1-2-3-4-5-14-11-9(10(13)16)6-8(12)7-15-11/h6-7H,2-5,12H2,1H3,(H2,13,16)(H,14,15). The maximum Gasteiger partial charge on any atom is 0.252 e. The zero-order valence-electron chi connectivity index (χ0n) is 9.49. The summed E-state index contributed by atoms with van der Waals surface area (Å²) in [6.07, 6.45) is 4.85. The molecule has 5 heteroatoms. The smallest absolute Gasteiger partial charge is 0.252 e. The summed E-state index contributed by atoms with van der Waals surface area (Å²) in [7, 11) is 0. The summed E-state index contributed by atoms with van der Waals surface area (Å²) >= 11 is 0. The lowest BCUT2D eigenvalue weighted by atomic mass is 10.2. The monoisotopic (exact) mass is 222 g/mol. The van der Waals surface area contributed by atoms with Gasteiger partial charge in [0, 0.05) is 6.54 Å². The number of pyridine rings is 1. The Morgan fingerprint density at radius 2 is 2.25 bits per heavy atom. The molecule has 0 spiro atoms. The topological polar surface area (TPSA) is 94.0 Å². The molecule has 0 radical (unpaired) electrons. The van der Waals surface area contributed by atoms with Gasteiger partial charge in [0.15, 0.2) is 0 Å². The summed E-state index contributed by atoms with van der Waals surface area (Å²) in [5.74, 6) is -0.00408. The van der Waals surface area contributed by atoms with Crippen molar-refractivity contribution in [2.45, 2.75) is 26.2 Å². The van der Waals surface area contributed by atoms with Gasteiger partial charge in [-0.05, 0) is 12.5 Å². The number of aromatic nitrogens is 1. The number of carbonyl (C=O) groups excluding carboxylic acids is 1. The van der Waals surface area contributed by atoms with E-state index in [1.165, 1.54) is 12.3 Å². The lowest BCUT2D eigenvalue weighted by molar-refractivity contribution is 0.100. The third kappa shape index (κ3) is 3.42. The van der Waals surface area contributed by atoms with Gasteiger partial charge in [0.25, 0.3) is 5.91 Å². The van der Waals surface area contributed by atoms with E-state index in [1.807, 2.05) is 0 Å². The number of rotatable bonds is 6. The molecule has 1 aromatic rings. The van der Waals surface area contributed by atoms with Gasteiger partial charge in [-0.2, -0.15) is 0 Å². The number of hydrogen-bond donors (Lipinski definition) is 3. The second kappa shape index (κ2) is 5.95. The summed E-state index contributed by atoms with van der Waals surface area (Å²) in [5.41, 5.74) is 11.6. The van der Waals surface area contributed by atoms with Crippen molar-refractivity contribution in [1.82, 2.24) is 4.98 Å². The van der Waals surface area contributed by atoms with Gasteiger partial charge >= 0.3 is 0 Å². The number of anilines is 2. The summed E-state index contributed by atoms with van der Waals surface area (Å²) in [5, 5.41) is 3.09. The molecule has 16 heavy (non-hydrogen) atoms. The Hall–Kier alpha value is -1.78. The number of nitrogens with zero attached hydrogens (tertiary/aromatic N) is 1. The normalized spacial score (nSPS) is 10.1. The molecule has 1 aromatic heterocycles. The number of nitrogens with one attached hydrogen (secondary N) is 1. The molecule has 0 bridgehead atoms. The van der Waals surface area contributed by atoms with Gasteiger partial charge in [-0.15, -0.1) is 0 Å². The van der Waals surface area contributed by atoms with Crippen molar-refractivity contribution in [3.8, 4) is 0 Å². The van der Waals surface area contributed by atoms with E-state index in [1.54, 1.807) is 0 Å². The second-order valence-electron chi connectivity index (χ2n) is 3.66. The van der Waals surface area contributed by atoms with Gasteiger partial charge in [-0.1, -0.05) is 19.8 Å². The number of nitrogen functional groups attached to an aromatic ring is 1. The van der Waals surface area contributed by atoms with Crippen molar-refractivity contribution < 1.29 is 4.79 Å². The maximum absolute atomic E-state index is 11.1. The fourth-order valence-corrected chi connectivity index (χ4v) is 1.39. The minimum atomic E-state index is -0.516. The van der Waals surface area contributed by atoms with Crippen LogP contribution in [0, 0.1) is 0 Å². The number of primary amides is 1. The highest BCUT2D eigenvalue weighted by Gasteiger charge is 2.09. The Morgan fingerprint density at radius 1 is 1.50 bits per heavy atom. The van der Waals surface area contributed by atoms with Crippen LogP contribution in [0.25, 0.3) is 0 Å². The SMILES string of the molecule is CCCCCNc1ncc(N)cc1C(N)=O. The van der Waals surface area contributed by atoms with E-state index in [-0.39, 0.29) is 0 Å². The van der Waals surface area contributed by atoms with E-state index in [0.29, 0.717) is 17.1 Å². The number of unbranched alkanes of at least 4 members (excludes halogenated alkanes) is 2. The van der Waals surface area contributed by atoms with E-state index in [4.69, 9.17) is 11.5 Å². The average molecular weight is 222 g/mol. The zero-order chi connectivity index (χ0) is 12.0. The molecule has 0 unspecified atom stereocenters. The molecule has 0 aliphatic carbocycles. The van der Waals surface area contributed by atoms with Gasteiger partial charge in [0.1, 0.15) is 5.82 Å². The fraction of sp³-hybridized carbons (Fsp3) is 0.455. The Balaban J connectivity index is 2.67. The van der Waals surface area contributed by atoms with Crippen LogP contribution in [0.15, 0.2) is 12.3 Å². The zero-order valence-corrected chi connectivity index (χ0v) is 9.49. The van der Waals surface area contributed by atoms with Crippen LogP contribution < -0.4 is 16.8 Å². The lowest BCUT2D eigenvalue weighted by Gasteiger charge is -2.09. The molecule has 0 aliphatic heterocycles.